The van der Waals surface area contributed by atoms with Crippen LogP contribution in [0.2, 0.25) is 0 Å². The van der Waals surface area contributed by atoms with Crippen LogP contribution in [0.5, 0.6) is 0 Å². The van der Waals surface area contributed by atoms with Gasteiger partial charge in [-0.25, -0.2) is 9.37 Å². The Labute approximate surface area is 201 Å². The van der Waals surface area contributed by atoms with Crippen molar-refractivity contribution in [2.45, 2.75) is 32.4 Å². The Morgan fingerprint density at radius 2 is 2.14 bits per heavy atom. The predicted octanol–water partition coefficient (Wildman–Crippen LogP) is 1.51. The zero-order chi connectivity index (χ0) is 24.5. The quantitative estimate of drug-likeness (QED) is 0.557. The second-order valence-electron chi connectivity index (χ2n) is 8.96. The SMILES string of the molecule is Cc1cc(-n2cnnn2)ncc1CC(=O)N1CCN2C[C@H](c3ccc(F)c(C#N)c3C)OC[C@@H]2C1. The fraction of sp³-hybridized carbons (Fsp3) is 0.417. The fourth-order valence-electron chi connectivity index (χ4n) is 4.80. The van der Waals surface area contributed by atoms with Crippen LogP contribution in [0.15, 0.2) is 30.7 Å². The van der Waals surface area contributed by atoms with Crippen molar-refractivity contribution in [3.63, 3.8) is 0 Å². The molecule has 0 N–H and O–H groups in total. The van der Waals surface area contributed by atoms with Crippen molar-refractivity contribution in [3.8, 4) is 11.9 Å². The lowest BCUT2D eigenvalue weighted by molar-refractivity contribution is -0.139. The van der Waals surface area contributed by atoms with Gasteiger partial charge in [0.1, 0.15) is 18.2 Å². The second kappa shape index (κ2) is 9.48. The van der Waals surface area contributed by atoms with Crippen molar-refractivity contribution in [2.75, 3.05) is 32.8 Å². The van der Waals surface area contributed by atoms with Crippen molar-refractivity contribution in [2.24, 2.45) is 0 Å². The highest BCUT2D eigenvalue weighted by Gasteiger charge is 2.36. The summed E-state index contributed by atoms with van der Waals surface area (Å²) in [6.07, 6.45) is 3.22. The number of hydrogen-bond donors (Lipinski definition) is 0. The van der Waals surface area contributed by atoms with Gasteiger partial charge in [-0.05, 0) is 58.7 Å². The minimum Gasteiger partial charge on any atom is -0.370 e. The summed E-state index contributed by atoms with van der Waals surface area (Å²) in [5.74, 6) is 0.148. The van der Waals surface area contributed by atoms with Crippen LogP contribution in [0.1, 0.15) is 33.9 Å². The van der Waals surface area contributed by atoms with Gasteiger partial charge in [0.15, 0.2) is 5.82 Å². The number of halogens is 1. The summed E-state index contributed by atoms with van der Waals surface area (Å²) in [5, 5.41) is 20.4. The van der Waals surface area contributed by atoms with Gasteiger partial charge in [0.2, 0.25) is 5.91 Å². The summed E-state index contributed by atoms with van der Waals surface area (Å²) in [7, 11) is 0. The number of nitrogens with zero attached hydrogens (tertiary/aromatic N) is 8. The molecule has 2 aliphatic heterocycles. The second-order valence-corrected chi connectivity index (χ2v) is 8.96. The highest BCUT2D eigenvalue weighted by molar-refractivity contribution is 5.79. The van der Waals surface area contributed by atoms with Gasteiger partial charge in [-0.3, -0.25) is 9.69 Å². The Kier molecular flexibility index (Phi) is 6.23. The molecule has 4 heterocycles. The third kappa shape index (κ3) is 4.50. The predicted molar refractivity (Wildman–Crippen MR) is 122 cm³/mol. The van der Waals surface area contributed by atoms with Crippen LogP contribution >= 0.6 is 0 Å². The van der Waals surface area contributed by atoms with Crippen LogP contribution in [0.4, 0.5) is 4.39 Å². The Balaban J connectivity index is 1.21. The van der Waals surface area contributed by atoms with Gasteiger partial charge >= 0.3 is 0 Å². The molecular weight excluding hydrogens is 451 g/mol. The molecule has 2 aromatic heterocycles. The maximum atomic E-state index is 13.9. The molecule has 0 radical (unpaired) electrons. The van der Waals surface area contributed by atoms with Crippen LogP contribution in [-0.4, -0.2) is 79.7 Å². The molecule has 2 aliphatic rings. The number of morpholine rings is 1. The number of carbonyl (C=O) groups is 1. The Bertz CT molecular complexity index is 1290. The molecule has 0 bridgehead atoms. The number of fused-ring (bicyclic) bond motifs is 1. The van der Waals surface area contributed by atoms with E-state index in [4.69, 9.17) is 4.74 Å². The normalized spacial score (nSPS) is 20.3. The molecule has 2 atom stereocenters. The largest absolute Gasteiger partial charge is 0.370 e. The van der Waals surface area contributed by atoms with E-state index in [1.165, 1.54) is 17.1 Å². The Morgan fingerprint density at radius 3 is 2.89 bits per heavy atom. The number of nitriles is 1. The van der Waals surface area contributed by atoms with Crippen LogP contribution in [0.25, 0.3) is 5.82 Å². The van der Waals surface area contributed by atoms with Gasteiger partial charge in [-0.15, -0.1) is 5.10 Å². The first-order valence-electron chi connectivity index (χ1n) is 11.5. The van der Waals surface area contributed by atoms with E-state index in [0.29, 0.717) is 37.6 Å². The molecule has 0 aliphatic carbocycles. The minimum atomic E-state index is -0.509. The maximum Gasteiger partial charge on any atom is 0.227 e. The molecule has 10 nitrogen and oxygen atoms in total. The molecular formula is C24H25FN8O2. The third-order valence-corrected chi connectivity index (χ3v) is 6.89. The monoisotopic (exact) mass is 476 g/mol. The number of carbonyl (C=O) groups excluding carboxylic acids is 1. The first-order chi connectivity index (χ1) is 16.9. The average Bonchev–Trinajstić information content (AvgIpc) is 3.40. The number of aromatic nitrogens is 5. The van der Waals surface area contributed by atoms with E-state index in [9.17, 15) is 14.4 Å². The number of ether oxygens (including phenoxy) is 1. The lowest BCUT2D eigenvalue weighted by atomic mass is 9.96. The minimum absolute atomic E-state index is 0.0555. The van der Waals surface area contributed by atoms with E-state index in [1.807, 2.05) is 24.0 Å². The van der Waals surface area contributed by atoms with Crippen LogP contribution in [-0.2, 0) is 16.0 Å². The molecule has 0 spiro atoms. The van der Waals surface area contributed by atoms with Gasteiger partial charge < -0.3 is 9.64 Å². The summed E-state index contributed by atoms with van der Waals surface area (Å²) in [6, 6.07) is 6.95. The number of tetrazole rings is 1. The molecule has 0 saturated carbocycles. The number of amides is 1. The summed E-state index contributed by atoms with van der Waals surface area (Å²) < 4.78 is 21.5. The number of benzene rings is 1. The van der Waals surface area contributed by atoms with Crippen molar-refractivity contribution < 1.29 is 13.9 Å². The molecule has 0 unspecified atom stereocenters. The summed E-state index contributed by atoms with van der Waals surface area (Å²) in [4.78, 5) is 21.7. The zero-order valence-electron chi connectivity index (χ0n) is 19.6. The number of piperazine rings is 1. The highest BCUT2D eigenvalue weighted by atomic mass is 19.1. The third-order valence-electron chi connectivity index (χ3n) is 6.89. The van der Waals surface area contributed by atoms with Crippen molar-refractivity contribution in [1.82, 2.24) is 35.0 Å². The van der Waals surface area contributed by atoms with Crippen LogP contribution < -0.4 is 0 Å². The van der Waals surface area contributed by atoms with E-state index in [1.54, 1.807) is 19.2 Å². The van der Waals surface area contributed by atoms with Gasteiger partial charge in [0.05, 0.1) is 30.7 Å². The van der Waals surface area contributed by atoms with Crippen LogP contribution in [0, 0.1) is 31.0 Å². The van der Waals surface area contributed by atoms with E-state index < -0.39 is 5.82 Å². The average molecular weight is 477 g/mol. The van der Waals surface area contributed by atoms with E-state index in [2.05, 4.69) is 25.4 Å². The molecule has 11 heteroatoms. The molecule has 2 fully saturated rings. The summed E-state index contributed by atoms with van der Waals surface area (Å²) in [6.45, 7) is 6.77. The van der Waals surface area contributed by atoms with E-state index in [-0.39, 0.29) is 30.0 Å². The lowest BCUT2D eigenvalue weighted by Crippen LogP contribution is -2.59. The van der Waals surface area contributed by atoms with Crippen molar-refractivity contribution in [3.05, 3.63) is 64.4 Å². The van der Waals surface area contributed by atoms with Gasteiger partial charge in [-0.1, -0.05) is 6.07 Å². The molecule has 1 amide bonds. The molecule has 35 heavy (non-hydrogen) atoms. The van der Waals surface area contributed by atoms with Crippen molar-refractivity contribution >= 4 is 5.91 Å². The highest BCUT2D eigenvalue weighted by Crippen LogP contribution is 2.31. The van der Waals surface area contributed by atoms with Gasteiger partial charge in [0, 0.05) is 32.4 Å². The fourth-order valence-corrected chi connectivity index (χ4v) is 4.80. The zero-order valence-corrected chi connectivity index (χ0v) is 19.6. The first-order valence-corrected chi connectivity index (χ1v) is 11.5. The number of aryl methyl sites for hydroxylation is 1. The summed E-state index contributed by atoms with van der Waals surface area (Å²) >= 11 is 0. The van der Waals surface area contributed by atoms with Gasteiger partial charge in [0.25, 0.3) is 0 Å². The number of rotatable bonds is 4. The molecule has 2 saturated heterocycles. The van der Waals surface area contributed by atoms with Gasteiger partial charge in [-0.2, -0.15) is 9.94 Å². The number of hydrogen-bond acceptors (Lipinski definition) is 8. The molecule has 5 rings (SSSR count). The number of pyridine rings is 1. The summed E-state index contributed by atoms with van der Waals surface area (Å²) in [5.41, 5.74) is 3.36. The lowest BCUT2D eigenvalue weighted by Gasteiger charge is -2.46. The Morgan fingerprint density at radius 1 is 1.29 bits per heavy atom. The van der Waals surface area contributed by atoms with Crippen molar-refractivity contribution in [1.29, 1.82) is 5.26 Å². The maximum absolute atomic E-state index is 13.9. The standard InChI is InChI=1S/C24H25FN8O2/c1-15-7-23(33-14-28-29-30-33)27-10-17(15)8-24(34)32-6-5-31-12-22(35-13-18(31)11-32)19-3-4-21(25)20(9-26)16(19)2/h3-4,7,10,14,18,22H,5-6,8,11-13H2,1-2H3/t18-,22+/m0/s1. The van der Waals surface area contributed by atoms with Crippen LogP contribution in [0.3, 0.4) is 0 Å². The molecule has 1 aromatic carbocycles. The first kappa shape index (κ1) is 23.0. The molecule has 3 aromatic rings. The van der Waals surface area contributed by atoms with E-state index >= 15 is 0 Å². The smallest absolute Gasteiger partial charge is 0.227 e. The Hall–Kier alpha value is -3.75. The van der Waals surface area contributed by atoms with E-state index in [0.717, 1.165) is 23.2 Å². The molecule has 180 valence electrons. The topological polar surface area (TPSA) is 113 Å².